The topological polar surface area (TPSA) is 57.7 Å². The molecule has 4 aromatic rings. The zero-order valence-electron chi connectivity index (χ0n) is 18.5. The van der Waals surface area contributed by atoms with E-state index in [-0.39, 0.29) is 30.8 Å². The molecule has 0 bridgehead atoms. The summed E-state index contributed by atoms with van der Waals surface area (Å²) in [6, 6.07) is 25.2. The fraction of sp³-hybridized carbons (Fsp3) is 0.107. The summed E-state index contributed by atoms with van der Waals surface area (Å²) in [6.07, 6.45) is 0. The third-order valence-electron chi connectivity index (χ3n) is 6.07. The van der Waals surface area contributed by atoms with Crippen molar-refractivity contribution in [3.8, 4) is 0 Å². The zero-order valence-corrected chi connectivity index (χ0v) is 19.3. The van der Waals surface area contributed by atoms with Crippen molar-refractivity contribution in [2.45, 2.75) is 6.92 Å². The molecule has 5 rings (SSSR count). The molecule has 0 radical (unpaired) electrons. The molecule has 0 saturated heterocycles. The molecule has 34 heavy (non-hydrogen) atoms. The van der Waals surface area contributed by atoms with E-state index in [1.54, 1.807) is 41.3 Å². The van der Waals surface area contributed by atoms with Crippen LogP contribution in [0.1, 0.15) is 36.6 Å². The van der Waals surface area contributed by atoms with Gasteiger partial charge in [-0.05, 0) is 54.8 Å². The van der Waals surface area contributed by atoms with Crippen molar-refractivity contribution in [1.29, 1.82) is 0 Å². The first-order valence-corrected chi connectivity index (χ1v) is 11.3. The average Bonchev–Trinajstić information content (AvgIpc) is 2.85. The molecular formula is C28H21ClN2O3. The lowest BCUT2D eigenvalue weighted by molar-refractivity contribution is 0.0611. The number of nitrogens with zero attached hydrogens (tertiary/aromatic N) is 2. The number of amides is 3. The Morgan fingerprint density at radius 1 is 0.853 bits per heavy atom. The van der Waals surface area contributed by atoms with Gasteiger partial charge in [0.1, 0.15) is 0 Å². The highest BCUT2D eigenvalue weighted by atomic mass is 35.5. The number of aryl methyl sites for hydroxylation is 1. The van der Waals surface area contributed by atoms with Gasteiger partial charge in [-0.1, -0.05) is 59.6 Å². The lowest BCUT2D eigenvalue weighted by atomic mass is 9.94. The van der Waals surface area contributed by atoms with Gasteiger partial charge in [0.05, 0.1) is 0 Å². The van der Waals surface area contributed by atoms with Crippen LogP contribution in [0.5, 0.6) is 0 Å². The van der Waals surface area contributed by atoms with E-state index < -0.39 is 0 Å². The first-order valence-electron chi connectivity index (χ1n) is 11.0. The summed E-state index contributed by atoms with van der Waals surface area (Å²) in [5.41, 5.74) is 3.16. The van der Waals surface area contributed by atoms with E-state index in [9.17, 15) is 14.4 Å². The van der Waals surface area contributed by atoms with Gasteiger partial charge in [-0.25, -0.2) is 0 Å². The number of imide groups is 1. The van der Waals surface area contributed by atoms with E-state index in [4.69, 9.17) is 11.6 Å². The van der Waals surface area contributed by atoms with Gasteiger partial charge >= 0.3 is 0 Å². The van der Waals surface area contributed by atoms with E-state index in [1.807, 2.05) is 55.5 Å². The van der Waals surface area contributed by atoms with E-state index in [1.165, 1.54) is 4.90 Å². The maximum absolute atomic E-state index is 13.4. The standard InChI is InChI=1S/C28H21ClN2O3/c1-18-11-13-22(14-12-18)30(26(32)20-7-2-8-21(29)17-20)15-16-31-27(33)23-9-3-5-19-6-4-10-24(25(19)23)28(31)34/h2-14,17H,15-16H2,1H3. The molecule has 168 valence electrons. The van der Waals surface area contributed by atoms with Crippen LogP contribution in [-0.2, 0) is 0 Å². The first kappa shape index (κ1) is 21.9. The minimum atomic E-state index is -0.353. The van der Waals surface area contributed by atoms with E-state index in [2.05, 4.69) is 0 Å². The van der Waals surface area contributed by atoms with E-state index >= 15 is 0 Å². The minimum absolute atomic E-state index is 0.0581. The van der Waals surface area contributed by atoms with Crippen LogP contribution in [0.3, 0.4) is 0 Å². The van der Waals surface area contributed by atoms with Crippen molar-refractivity contribution >= 4 is 45.8 Å². The van der Waals surface area contributed by atoms with Crippen LogP contribution in [0.4, 0.5) is 5.69 Å². The predicted octanol–water partition coefficient (Wildman–Crippen LogP) is 5.74. The smallest absolute Gasteiger partial charge is 0.261 e. The predicted molar refractivity (Wildman–Crippen MR) is 134 cm³/mol. The molecule has 1 aliphatic rings. The lowest BCUT2D eigenvalue weighted by Crippen LogP contribution is -2.46. The van der Waals surface area contributed by atoms with Crippen LogP contribution in [0.25, 0.3) is 10.8 Å². The Bertz CT molecular complexity index is 1400. The highest BCUT2D eigenvalue weighted by Gasteiger charge is 2.33. The highest BCUT2D eigenvalue weighted by molar-refractivity contribution is 6.31. The number of anilines is 1. The van der Waals surface area contributed by atoms with Crippen LogP contribution in [0.15, 0.2) is 84.9 Å². The van der Waals surface area contributed by atoms with E-state index in [0.717, 1.165) is 10.9 Å². The summed E-state index contributed by atoms with van der Waals surface area (Å²) in [7, 11) is 0. The Kier molecular flexibility index (Phi) is 5.64. The monoisotopic (exact) mass is 468 g/mol. The van der Waals surface area contributed by atoms with E-state index in [0.29, 0.717) is 32.8 Å². The maximum atomic E-state index is 13.4. The number of carbonyl (C=O) groups excluding carboxylic acids is 3. The molecule has 0 aliphatic carbocycles. The van der Waals surface area contributed by atoms with Crippen LogP contribution >= 0.6 is 11.6 Å². The summed E-state index contributed by atoms with van der Waals surface area (Å²) in [6.45, 7) is 2.17. The van der Waals surface area contributed by atoms with Crippen molar-refractivity contribution in [3.05, 3.63) is 112 Å². The summed E-state index contributed by atoms with van der Waals surface area (Å²) in [5.74, 6) is -0.965. The van der Waals surface area contributed by atoms with Crippen LogP contribution < -0.4 is 4.90 Å². The van der Waals surface area contributed by atoms with Gasteiger partial charge in [0.25, 0.3) is 17.7 Å². The molecule has 0 fully saturated rings. The van der Waals surface area contributed by atoms with Gasteiger partial charge < -0.3 is 4.90 Å². The largest absolute Gasteiger partial charge is 0.307 e. The molecule has 0 atom stereocenters. The molecule has 1 heterocycles. The second-order valence-corrected chi connectivity index (χ2v) is 8.71. The van der Waals surface area contributed by atoms with Crippen molar-refractivity contribution in [2.24, 2.45) is 0 Å². The molecule has 0 aromatic heterocycles. The molecule has 5 nitrogen and oxygen atoms in total. The van der Waals surface area contributed by atoms with Gasteiger partial charge in [0, 0.05) is 45.9 Å². The number of rotatable bonds is 5. The average molecular weight is 469 g/mol. The Hall–Kier alpha value is -3.96. The fourth-order valence-electron chi connectivity index (χ4n) is 4.33. The molecule has 0 saturated carbocycles. The molecule has 6 heteroatoms. The van der Waals surface area contributed by atoms with Crippen molar-refractivity contribution in [3.63, 3.8) is 0 Å². The Labute approximate surface area is 202 Å². The quantitative estimate of drug-likeness (QED) is 0.351. The normalized spacial score (nSPS) is 12.8. The van der Waals surface area contributed by atoms with Crippen LogP contribution in [0, 0.1) is 6.92 Å². The Morgan fingerprint density at radius 2 is 1.47 bits per heavy atom. The highest BCUT2D eigenvalue weighted by Crippen LogP contribution is 2.30. The van der Waals surface area contributed by atoms with Gasteiger partial charge in [-0.15, -0.1) is 0 Å². The zero-order chi connectivity index (χ0) is 23.8. The molecule has 3 amide bonds. The second-order valence-electron chi connectivity index (χ2n) is 8.27. The van der Waals surface area contributed by atoms with Gasteiger partial charge in [-0.3, -0.25) is 19.3 Å². The third-order valence-corrected chi connectivity index (χ3v) is 6.30. The molecule has 1 aliphatic heterocycles. The summed E-state index contributed by atoms with van der Waals surface area (Å²) in [4.78, 5) is 42.8. The second kappa shape index (κ2) is 8.76. The van der Waals surface area contributed by atoms with Gasteiger partial charge in [-0.2, -0.15) is 0 Å². The molecule has 0 unspecified atom stereocenters. The van der Waals surface area contributed by atoms with Gasteiger partial charge in [0.15, 0.2) is 0 Å². The molecular weight excluding hydrogens is 448 g/mol. The SMILES string of the molecule is Cc1ccc(N(CCN2C(=O)c3cccc4cccc(c34)C2=O)C(=O)c2cccc(Cl)c2)cc1. The maximum Gasteiger partial charge on any atom is 0.261 e. The van der Waals surface area contributed by atoms with Gasteiger partial charge in [0.2, 0.25) is 0 Å². The number of hydrogen-bond donors (Lipinski definition) is 0. The third kappa shape index (κ3) is 3.84. The van der Waals surface area contributed by atoms with Crippen LogP contribution in [0.2, 0.25) is 5.02 Å². The Balaban J connectivity index is 1.47. The first-order chi connectivity index (χ1) is 16.4. The van der Waals surface area contributed by atoms with Crippen molar-refractivity contribution in [2.75, 3.05) is 18.0 Å². The number of benzene rings is 4. The number of halogens is 1. The minimum Gasteiger partial charge on any atom is -0.307 e. The number of carbonyl (C=O) groups is 3. The molecule has 0 N–H and O–H groups in total. The molecule has 0 spiro atoms. The number of hydrogen-bond acceptors (Lipinski definition) is 3. The Morgan fingerprint density at radius 3 is 2.09 bits per heavy atom. The summed E-state index contributed by atoms with van der Waals surface area (Å²) < 4.78 is 0. The summed E-state index contributed by atoms with van der Waals surface area (Å²) >= 11 is 6.12. The lowest BCUT2D eigenvalue weighted by Gasteiger charge is -2.30. The fourth-order valence-corrected chi connectivity index (χ4v) is 4.52. The summed E-state index contributed by atoms with van der Waals surface area (Å²) in [5, 5.41) is 2.00. The van der Waals surface area contributed by atoms with Crippen molar-refractivity contribution in [1.82, 2.24) is 4.90 Å². The van der Waals surface area contributed by atoms with Crippen molar-refractivity contribution < 1.29 is 14.4 Å². The molecule has 4 aromatic carbocycles. The van der Waals surface area contributed by atoms with Crippen LogP contribution in [-0.4, -0.2) is 35.7 Å².